The molecule has 1 unspecified atom stereocenters. The molecule has 90 valence electrons. The molecule has 4 heteroatoms. The minimum absolute atomic E-state index is 0.00612. The van der Waals surface area contributed by atoms with Gasteiger partial charge in [-0.05, 0) is 25.1 Å². The van der Waals surface area contributed by atoms with Crippen LogP contribution in [0.2, 0.25) is 0 Å². The van der Waals surface area contributed by atoms with Crippen LogP contribution in [0.5, 0.6) is 0 Å². The first-order valence-electron chi connectivity index (χ1n) is 5.54. The minimum Gasteiger partial charge on any atom is -0.394 e. The van der Waals surface area contributed by atoms with Crippen LogP contribution < -0.4 is 5.32 Å². The Bertz CT molecular complexity index is 474. The minimum atomic E-state index is 0.00612. The first-order chi connectivity index (χ1) is 8.26. The van der Waals surface area contributed by atoms with Crippen LogP contribution in [-0.4, -0.2) is 23.7 Å². The number of benzene rings is 1. The van der Waals surface area contributed by atoms with Gasteiger partial charge >= 0.3 is 0 Å². The lowest BCUT2D eigenvalue weighted by molar-refractivity contribution is 0.251. The van der Waals surface area contributed by atoms with Crippen LogP contribution in [0.15, 0.2) is 29.8 Å². The van der Waals surface area contributed by atoms with Gasteiger partial charge in [-0.15, -0.1) is 11.3 Å². The van der Waals surface area contributed by atoms with E-state index in [0.29, 0.717) is 0 Å². The van der Waals surface area contributed by atoms with E-state index < -0.39 is 0 Å². The van der Waals surface area contributed by atoms with E-state index in [4.69, 9.17) is 0 Å². The smallest absolute Gasteiger partial charge is 0.0801 e. The molecule has 1 aromatic carbocycles. The summed E-state index contributed by atoms with van der Waals surface area (Å²) >= 11 is 1.65. The number of nitrogens with one attached hydrogen (secondary N) is 1. The first kappa shape index (κ1) is 12.2. The zero-order valence-electron chi connectivity index (χ0n) is 9.97. The third kappa shape index (κ3) is 2.54. The molecule has 1 aromatic heterocycles. The third-order valence-electron chi connectivity index (χ3n) is 2.85. The monoisotopic (exact) mass is 248 g/mol. The molecule has 0 spiro atoms. The second-order valence-corrected chi connectivity index (χ2v) is 4.77. The van der Waals surface area contributed by atoms with Gasteiger partial charge in [0, 0.05) is 0 Å². The van der Waals surface area contributed by atoms with Gasteiger partial charge in [-0.2, -0.15) is 0 Å². The van der Waals surface area contributed by atoms with E-state index in [0.717, 1.165) is 11.3 Å². The van der Waals surface area contributed by atoms with E-state index in [1.54, 1.807) is 11.3 Å². The van der Waals surface area contributed by atoms with Crippen molar-refractivity contribution in [2.75, 3.05) is 13.7 Å². The predicted molar refractivity (Wildman–Crippen MR) is 71.2 cm³/mol. The van der Waals surface area contributed by atoms with Crippen LogP contribution >= 0.6 is 11.3 Å². The Hall–Kier alpha value is -1.23. The summed E-state index contributed by atoms with van der Waals surface area (Å²) in [4.78, 5) is 5.46. The highest BCUT2D eigenvalue weighted by molar-refractivity contribution is 7.13. The molecule has 0 amide bonds. The number of rotatable bonds is 4. The highest BCUT2D eigenvalue weighted by Gasteiger charge is 2.09. The van der Waals surface area contributed by atoms with E-state index in [1.165, 1.54) is 10.4 Å². The summed E-state index contributed by atoms with van der Waals surface area (Å²) in [5, 5.41) is 12.3. The summed E-state index contributed by atoms with van der Waals surface area (Å²) < 4.78 is 0. The number of thiazole rings is 1. The zero-order valence-corrected chi connectivity index (χ0v) is 10.8. The maximum absolute atomic E-state index is 9.21. The van der Waals surface area contributed by atoms with Crippen LogP contribution in [0.4, 0.5) is 0 Å². The molecule has 17 heavy (non-hydrogen) atoms. The molecule has 2 aromatic rings. The summed E-state index contributed by atoms with van der Waals surface area (Å²) in [5.74, 6) is 0. The average Bonchev–Trinajstić information content (AvgIpc) is 2.78. The Balaban J connectivity index is 2.27. The van der Waals surface area contributed by atoms with E-state index in [9.17, 15) is 5.11 Å². The molecule has 0 radical (unpaired) electrons. The summed E-state index contributed by atoms with van der Waals surface area (Å²) in [6, 6.07) is 8.26. The maximum atomic E-state index is 9.21. The largest absolute Gasteiger partial charge is 0.394 e. The predicted octanol–water partition coefficient (Wildman–Crippen LogP) is 2.37. The Morgan fingerprint density at radius 1 is 1.35 bits per heavy atom. The molecule has 0 saturated carbocycles. The average molecular weight is 248 g/mol. The number of aryl methyl sites for hydroxylation is 1. The summed E-state index contributed by atoms with van der Waals surface area (Å²) in [6.45, 7) is 2.12. The van der Waals surface area contributed by atoms with Gasteiger partial charge in [-0.1, -0.05) is 24.3 Å². The van der Waals surface area contributed by atoms with E-state index in [2.05, 4.69) is 22.4 Å². The Morgan fingerprint density at radius 2 is 2.06 bits per heavy atom. The van der Waals surface area contributed by atoms with Gasteiger partial charge in [-0.3, -0.25) is 0 Å². The lowest BCUT2D eigenvalue weighted by Crippen LogP contribution is -2.19. The van der Waals surface area contributed by atoms with Gasteiger partial charge in [0.1, 0.15) is 0 Å². The summed E-state index contributed by atoms with van der Waals surface area (Å²) in [6.07, 6.45) is 0. The summed E-state index contributed by atoms with van der Waals surface area (Å²) in [5.41, 5.74) is 5.21. The molecule has 0 aliphatic heterocycles. The maximum Gasteiger partial charge on any atom is 0.0801 e. The lowest BCUT2D eigenvalue weighted by atomic mass is 10.0. The molecule has 1 heterocycles. The van der Waals surface area contributed by atoms with Crippen LogP contribution in [0.25, 0.3) is 10.4 Å². The van der Waals surface area contributed by atoms with Gasteiger partial charge in [0.05, 0.1) is 28.7 Å². The molecule has 0 fully saturated rings. The molecule has 0 saturated heterocycles. The number of aromatic nitrogens is 1. The number of hydrogen-bond acceptors (Lipinski definition) is 4. The zero-order chi connectivity index (χ0) is 12.3. The van der Waals surface area contributed by atoms with Crippen LogP contribution in [0, 0.1) is 6.92 Å². The van der Waals surface area contributed by atoms with Crippen molar-refractivity contribution in [3.8, 4) is 10.4 Å². The van der Waals surface area contributed by atoms with Gasteiger partial charge in [-0.25, -0.2) is 4.98 Å². The normalized spacial score (nSPS) is 12.6. The van der Waals surface area contributed by atoms with Crippen molar-refractivity contribution in [3.63, 3.8) is 0 Å². The molecule has 3 nitrogen and oxygen atoms in total. The lowest BCUT2D eigenvalue weighted by Gasteiger charge is -2.13. The molecule has 0 aliphatic carbocycles. The molecular formula is C13H16N2OS. The first-order valence-corrected chi connectivity index (χ1v) is 6.42. The van der Waals surface area contributed by atoms with Crippen LogP contribution in [0.1, 0.15) is 17.3 Å². The van der Waals surface area contributed by atoms with Crippen molar-refractivity contribution in [2.24, 2.45) is 0 Å². The highest BCUT2D eigenvalue weighted by atomic mass is 32.1. The van der Waals surface area contributed by atoms with Crippen molar-refractivity contribution in [2.45, 2.75) is 13.0 Å². The van der Waals surface area contributed by atoms with Crippen molar-refractivity contribution in [3.05, 3.63) is 41.0 Å². The standard InChI is InChI=1S/C13H16N2OS/c1-9-13(17-8-15-9)11-5-3-10(4-6-11)12(7-16)14-2/h3-6,8,12,14,16H,7H2,1-2H3. The quantitative estimate of drug-likeness (QED) is 0.873. The fourth-order valence-electron chi connectivity index (χ4n) is 1.81. The fourth-order valence-corrected chi connectivity index (χ4v) is 2.62. The second-order valence-electron chi connectivity index (χ2n) is 3.91. The van der Waals surface area contributed by atoms with E-state index in [-0.39, 0.29) is 12.6 Å². The highest BCUT2D eigenvalue weighted by Crippen LogP contribution is 2.28. The third-order valence-corrected chi connectivity index (χ3v) is 3.83. The topological polar surface area (TPSA) is 45.1 Å². The fraction of sp³-hybridized carbons (Fsp3) is 0.308. The SMILES string of the molecule is CNC(CO)c1ccc(-c2scnc2C)cc1. The molecule has 2 rings (SSSR count). The molecule has 2 N–H and O–H groups in total. The number of nitrogens with zero attached hydrogens (tertiary/aromatic N) is 1. The number of likely N-dealkylation sites (N-methyl/N-ethyl adjacent to an activating group) is 1. The molecular weight excluding hydrogens is 232 g/mol. The molecule has 0 bridgehead atoms. The van der Waals surface area contributed by atoms with E-state index >= 15 is 0 Å². The molecule has 0 aliphatic rings. The van der Waals surface area contributed by atoms with Crippen molar-refractivity contribution in [1.82, 2.24) is 10.3 Å². The number of aliphatic hydroxyl groups is 1. The van der Waals surface area contributed by atoms with Crippen molar-refractivity contribution >= 4 is 11.3 Å². The van der Waals surface area contributed by atoms with E-state index in [1.807, 2.05) is 31.6 Å². The van der Waals surface area contributed by atoms with Crippen LogP contribution in [0.3, 0.4) is 0 Å². The summed E-state index contributed by atoms with van der Waals surface area (Å²) in [7, 11) is 1.85. The molecule has 1 atom stereocenters. The van der Waals surface area contributed by atoms with Gasteiger partial charge < -0.3 is 10.4 Å². The van der Waals surface area contributed by atoms with Gasteiger partial charge in [0.15, 0.2) is 0 Å². The second kappa shape index (κ2) is 5.40. The number of aliphatic hydroxyl groups excluding tert-OH is 1. The van der Waals surface area contributed by atoms with Gasteiger partial charge in [0.25, 0.3) is 0 Å². The van der Waals surface area contributed by atoms with Crippen LogP contribution in [-0.2, 0) is 0 Å². The Morgan fingerprint density at radius 3 is 2.53 bits per heavy atom. The Kier molecular flexibility index (Phi) is 3.89. The van der Waals surface area contributed by atoms with Gasteiger partial charge in [0.2, 0.25) is 0 Å². The van der Waals surface area contributed by atoms with Crippen molar-refractivity contribution < 1.29 is 5.11 Å². The Labute approximate surface area is 105 Å². The number of hydrogen-bond donors (Lipinski definition) is 2. The van der Waals surface area contributed by atoms with Crippen molar-refractivity contribution in [1.29, 1.82) is 0 Å².